The molecule has 7 nitrogen and oxygen atoms in total. The van der Waals surface area contributed by atoms with Gasteiger partial charge in [-0.2, -0.15) is 0 Å². The van der Waals surface area contributed by atoms with Gasteiger partial charge in [0, 0.05) is 33.8 Å². The standard InChI is InChI=1S/C11H21N5O2/c1-4-15(2)11(17)9-16-8-10(13-14-16)7-12-5-6-18-3/h8,12H,4-7,9H2,1-3H3. The Balaban J connectivity index is 2.36. The summed E-state index contributed by atoms with van der Waals surface area (Å²) in [6.45, 7) is 4.91. The van der Waals surface area contributed by atoms with E-state index in [1.165, 1.54) is 0 Å². The smallest absolute Gasteiger partial charge is 0.244 e. The SMILES string of the molecule is CCN(C)C(=O)Cn1cc(CNCCOC)nn1. The first-order chi connectivity index (χ1) is 8.67. The van der Waals surface area contributed by atoms with Crippen LogP contribution in [0.4, 0.5) is 0 Å². The Morgan fingerprint density at radius 2 is 2.39 bits per heavy atom. The van der Waals surface area contributed by atoms with Gasteiger partial charge in [-0.1, -0.05) is 5.21 Å². The molecule has 0 aromatic carbocycles. The molecule has 1 amide bonds. The largest absolute Gasteiger partial charge is 0.383 e. The van der Waals surface area contributed by atoms with Crippen molar-refractivity contribution < 1.29 is 9.53 Å². The number of carbonyl (C=O) groups excluding carboxylic acids is 1. The minimum atomic E-state index is 0.0290. The van der Waals surface area contributed by atoms with Crippen molar-refractivity contribution in [2.24, 2.45) is 0 Å². The Bertz CT molecular complexity index is 366. The lowest BCUT2D eigenvalue weighted by Crippen LogP contribution is -2.30. The van der Waals surface area contributed by atoms with Gasteiger partial charge in [-0.15, -0.1) is 5.10 Å². The van der Waals surface area contributed by atoms with E-state index < -0.39 is 0 Å². The second-order valence-corrected chi connectivity index (χ2v) is 3.98. The minimum Gasteiger partial charge on any atom is -0.383 e. The first kappa shape index (κ1) is 14.6. The molecule has 0 fully saturated rings. The van der Waals surface area contributed by atoms with Crippen LogP contribution in [-0.4, -0.2) is 59.7 Å². The molecule has 1 heterocycles. The van der Waals surface area contributed by atoms with E-state index >= 15 is 0 Å². The van der Waals surface area contributed by atoms with Crippen LogP contribution in [0.25, 0.3) is 0 Å². The second-order valence-electron chi connectivity index (χ2n) is 3.98. The van der Waals surface area contributed by atoms with Gasteiger partial charge in [0.25, 0.3) is 0 Å². The summed E-state index contributed by atoms with van der Waals surface area (Å²) in [6, 6.07) is 0. The van der Waals surface area contributed by atoms with E-state index in [1.54, 1.807) is 29.9 Å². The zero-order valence-electron chi connectivity index (χ0n) is 11.2. The number of carbonyl (C=O) groups is 1. The Hall–Kier alpha value is -1.47. The van der Waals surface area contributed by atoms with Gasteiger partial charge >= 0.3 is 0 Å². The summed E-state index contributed by atoms with van der Waals surface area (Å²) in [5.74, 6) is 0.0290. The molecule has 0 saturated heterocycles. The van der Waals surface area contributed by atoms with Crippen LogP contribution in [0, 0.1) is 0 Å². The predicted octanol–water partition coefficient (Wildman–Crippen LogP) is -0.508. The maximum Gasteiger partial charge on any atom is 0.244 e. The fraction of sp³-hybridized carbons (Fsp3) is 0.727. The van der Waals surface area contributed by atoms with Crippen LogP contribution in [0.2, 0.25) is 0 Å². The van der Waals surface area contributed by atoms with Crippen LogP contribution in [0.3, 0.4) is 0 Å². The van der Waals surface area contributed by atoms with Crippen molar-refractivity contribution in [2.75, 3.05) is 33.9 Å². The second kappa shape index (κ2) is 7.78. The monoisotopic (exact) mass is 255 g/mol. The first-order valence-corrected chi connectivity index (χ1v) is 6.00. The fourth-order valence-corrected chi connectivity index (χ4v) is 1.32. The average Bonchev–Trinajstić information content (AvgIpc) is 2.81. The lowest BCUT2D eigenvalue weighted by Gasteiger charge is -2.13. The van der Waals surface area contributed by atoms with E-state index in [2.05, 4.69) is 15.6 Å². The van der Waals surface area contributed by atoms with E-state index in [0.29, 0.717) is 19.7 Å². The van der Waals surface area contributed by atoms with Gasteiger partial charge in [-0.25, -0.2) is 4.68 Å². The lowest BCUT2D eigenvalue weighted by atomic mass is 10.4. The van der Waals surface area contributed by atoms with Gasteiger partial charge in [-0.05, 0) is 6.92 Å². The molecule has 0 spiro atoms. The highest BCUT2D eigenvalue weighted by Gasteiger charge is 2.09. The maximum atomic E-state index is 11.7. The Morgan fingerprint density at radius 3 is 3.06 bits per heavy atom. The summed E-state index contributed by atoms with van der Waals surface area (Å²) in [4.78, 5) is 13.3. The van der Waals surface area contributed by atoms with E-state index in [1.807, 2.05) is 6.92 Å². The van der Waals surface area contributed by atoms with Gasteiger partial charge in [-0.3, -0.25) is 4.79 Å². The molecule has 18 heavy (non-hydrogen) atoms. The summed E-state index contributed by atoms with van der Waals surface area (Å²) >= 11 is 0. The summed E-state index contributed by atoms with van der Waals surface area (Å²) in [5.41, 5.74) is 0.818. The van der Waals surface area contributed by atoms with Gasteiger partial charge in [0.15, 0.2) is 0 Å². The van der Waals surface area contributed by atoms with E-state index in [0.717, 1.165) is 12.2 Å². The van der Waals surface area contributed by atoms with Crippen LogP contribution >= 0.6 is 0 Å². The lowest BCUT2D eigenvalue weighted by molar-refractivity contribution is -0.130. The number of hydrogen-bond acceptors (Lipinski definition) is 5. The zero-order valence-corrected chi connectivity index (χ0v) is 11.2. The summed E-state index contributed by atoms with van der Waals surface area (Å²) in [5, 5.41) is 11.1. The molecule has 0 aliphatic heterocycles. The fourth-order valence-electron chi connectivity index (χ4n) is 1.32. The van der Waals surface area contributed by atoms with E-state index in [9.17, 15) is 4.79 Å². The number of nitrogens with zero attached hydrogens (tertiary/aromatic N) is 4. The van der Waals surface area contributed by atoms with Crippen LogP contribution in [0.5, 0.6) is 0 Å². The van der Waals surface area contributed by atoms with Crippen molar-refractivity contribution in [3.8, 4) is 0 Å². The number of amides is 1. The van der Waals surface area contributed by atoms with Crippen LogP contribution in [-0.2, 0) is 22.6 Å². The van der Waals surface area contributed by atoms with Crippen molar-refractivity contribution in [3.63, 3.8) is 0 Å². The normalized spacial score (nSPS) is 10.6. The molecule has 0 bridgehead atoms. The predicted molar refractivity (Wildman–Crippen MR) is 66.9 cm³/mol. The molecule has 0 aliphatic carbocycles. The summed E-state index contributed by atoms with van der Waals surface area (Å²) in [6.07, 6.45) is 1.78. The van der Waals surface area contributed by atoms with Crippen LogP contribution < -0.4 is 5.32 Å². The Morgan fingerprint density at radius 1 is 1.61 bits per heavy atom. The molecule has 0 saturated carbocycles. The highest BCUT2D eigenvalue weighted by Crippen LogP contribution is 1.94. The topological polar surface area (TPSA) is 72.3 Å². The van der Waals surface area contributed by atoms with Gasteiger partial charge in [0.1, 0.15) is 6.54 Å². The molecule has 1 aromatic heterocycles. The van der Waals surface area contributed by atoms with Gasteiger partial charge in [0.2, 0.25) is 5.91 Å². The van der Waals surface area contributed by atoms with Crippen molar-refractivity contribution in [1.82, 2.24) is 25.2 Å². The molecule has 0 unspecified atom stereocenters. The molecular weight excluding hydrogens is 234 g/mol. The van der Waals surface area contributed by atoms with Gasteiger partial charge in [0.05, 0.1) is 18.5 Å². The third-order valence-corrected chi connectivity index (χ3v) is 2.57. The number of rotatable bonds is 8. The van der Waals surface area contributed by atoms with E-state index in [-0.39, 0.29) is 12.5 Å². The van der Waals surface area contributed by atoms with Crippen molar-refractivity contribution in [1.29, 1.82) is 0 Å². The van der Waals surface area contributed by atoms with Crippen LogP contribution in [0.1, 0.15) is 12.6 Å². The van der Waals surface area contributed by atoms with Crippen molar-refractivity contribution in [2.45, 2.75) is 20.0 Å². The molecule has 7 heteroatoms. The third-order valence-electron chi connectivity index (χ3n) is 2.57. The number of aromatic nitrogens is 3. The quantitative estimate of drug-likeness (QED) is 0.634. The molecule has 0 radical (unpaired) electrons. The number of methoxy groups -OCH3 is 1. The average molecular weight is 255 g/mol. The molecule has 0 aliphatic rings. The molecule has 0 atom stereocenters. The first-order valence-electron chi connectivity index (χ1n) is 6.00. The number of hydrogen-bond donors (Lipinski definition) is 1. The number of likely N-dealkylation sites (N-methyl/N-ethyl adjacent to an activating group) is 1. The highest BCUT2D eigenvalue weighted by atomic mass is 16.5. The zero-order chi connectivity index (χ0) is 13.4. The maximum absolute atomic E-state index is 11.7. The molecular formula is C11H21N5O2. The number of ether oxygens (including phenoxy) is 1. The van der Waals surface area contributed by atoms with Crippen molar-refractivity contribution in [3.05, 3.63) is 11.9 Å². The van der Waals surface area contributed by atoms with Crippen molar-refractivity contribution >= 4 is 5.91 Å². The Kier molecular flexibility index (Phi) is 6.31. The summed E-state index contributed by atoms with van der Waals surface area (Å²) in [7, 11) is 3.43. The minimum absolute atomic E-state index is 0.0290. The highest BCUT2D eigenvalue weighted by molar-refractivity contribution is 5.75. The van der Waals surface area contributed by atoms with Gasteiger partial charge < -0.3 is 15.0 Å². The molecule has 1 N–H and O–H groups in total. The summed E-state index contributed by atoms with van der Waals surface area (Å²) < 4.78 is 6.48. The van der Waals surface area contributed by atoms with E-state index in [4.69, 9.17) is 4.74 Å². The molecule has 102 valence electrons. The molecule has 1 aromatic rings. The number of nitrogens with one attached hydrogen (secondary N) is 1. The van der Waals surface area contributed by atoms with Crippen LogP contribution in [0.15, 0.2) is 6.20 Å². The third kappa shape index (κ3) is 4.80. The molecule has 1 rings (SSSR count). The Labute approximate surface area is 107 Å².